The molecule has 0 radical (unpaired) electrons. The number of ether oxygens (including phenoxy) is 1. The topological polar surface area (TPSA) is 70.6 Å². The van der Waals surface area contributed by atoms with Gasteiger partial charge < -0.3 is 20.5 Å². The van der Waals surface area contributed by atoms with Crippen LogP contribution >= 0.6 is 12.4 Å². The van der Waals surface area contributed by atoms with Gasteiger partial charge in [-0.3, -0.25) is 4.79 Å². The van der Waals surface area contributed by atoms with E-state index in [0.29, 0.717) is 13.0 Å². The Morgan fingerprint density at radius 1 is 1.44 bits per heavy atom. The number of aliphatic hydroxyl groups excluding tert-OH is 1. The second kappa shape index (κ2) is 5.74. The molecule has 1 aliphatic carbocycles. The van der Waals surface area contributed by atoms with Gasteiger partial charge in [-0.1, -0.05) is 13.8 Å². The molecule has 1 aliphatic heterocycles. The number of carbonyl (C=O) groups excluding carboxylic acids is 1. The molecule has 4 unspecified atom stereocenters. The SMILES string of the molecule is COC1CC(NC(=O)C2CC(O)CN2)C1(C)C.Cl. The Morgan fingerprint density at radius 2 is 2.11 bits per heavy atom. The molecule has 4 atom stereocenters. The summed E-state index contributed by atoms with van der Waals surface area (Å²) in [6.45, 7) is 4.71. The zero-order valence-corrected chi connectivity index (χ0v) is 11.9. The smallest absolute Gasteiger partial charge is 0.237 e. The summed E-state index contributed by atoms with van der Waals surface area (Å²) in [4.78, 5) is 12.0. The molecule has 0 aromatic rings. The van der Waals surface area contributed by atoms with Crippen LogP contribution in [0.15, 0.2) is 0 Å². The summed E-state index contributed by atoms with van der Waals surface area (Å²) in [7, 11) is 1.71. The van der Waals surface area contributed by atoms with E-state index in [2.05, 4.69) is 24.5 Å². The summed E-state index contributed by atoms with van der Waals surface area (Å²) in [6.07, 6.45) is 1.19. The van der Waals surface area contributed by atoms with Gasteiger partial charge in [0, 0.05) is 25.1 Å². The van der Waals surface area contributed by atoms with E-state index in [9.17, 15) is 9.90 Å². The lowest BCUT2D eigenvalue weighted by atomic mass is 9.64. The summed E-state index contributed by atoms with van der Waals surface area (Å²) < 4.78 is 5.35. The van der Waals surface area contributed by atoms with Crippen molar-refractivity contribution in [2.75, 3.05) is 13.7 Å². The quantitative estimate of drug-likeness (QED) is 0.683. The van der Waals surface area contributed by atoms with Gasteiger partial charge in [0.1, 0.15) is 0 Å². The van der Waals surface area contributed by atoms with Gasteiger partial charge in [0.25, 0.3) is 0 Å². The average molecular weight is 279 g/mol. The number of carbonyl (C=O) groups is 1. The van der Waals surface area contributed by atoms with Gasteiger partial charge >= 0.3 is 0 Å². The summed E-state index contributed by atoms with van der Waals surface area (Å²) >= 11 is 0. The fourth-order valence-electron chi connectivity index (χ4n) is 2.72. The lowest BCUT2D eigenvalue weighted by molar-refractivity contribution is -0.134. The standard InChI is InChI=1S/C12H22N2O3.ClH/c1-12(2)9(5-10(12)17-3)14-11(16)8-4-7(15)6-13-8;/h7-10,13,15H,4-6H2,1-3H3,(H,14,16);1H. The first kappa shape index (κ1) is 15.7. The maximum Gasteiger partial charge on any atom is 0.237 e. The van der Waals surface area contributed by atoms with Crippen molar-refractivity contribution in [1.82, 2.24) is 10.6 Å². The van der Waals surface area contributed by atoms with Crippen LogP contribution in [0, 0.1) is 5.41 Å². The van der Waals surface area contributed by atoms with E-state index < -0.39 is 6.10 Å². The van der Waals surface area contributed by atoms with Crippen molar-refractivity contribution in [2.24, 2.45) is 5.41 Å². The molecule has 2 aliphatic rings. The highest BCUT2D eigenvalue weighted by molar-refractivity contribution is 5.85. The zero-order chi connectivity index (χ0) is 12.6. The van der Waals surface area contributed by atoms with Crippen LogP contribution in [0.3, 0.4) is 0 Å². The number of nitrogens with one attached hydrogen (secondary N) is 2. The van der Waals surface area contributed by atoms with Crippen molar-refractivity contribution in [3.8, 4) is 0 Å². The number of halogens is 1. The molecule has 106 valence electrons. The summed E-state index contributed by atoms with van der Waals surface area (Å²) in [5.74, 6) is -0.00539. The molecule has 2 rings (SSSR count). The molecule has 18 heavy (non-hydrogen) atoms. The first-order valence-electron chi connectivity index (χ1n) is 6.19. The van der Waals surface area contributed by atoms with Crippen LogP contribution in [0.2, 0.25) is 0 Å². The highest BCUT2D eigenvalue weighted by Gasteiger charge is 2.49. The van der Waals surface area contributed by atoms with Gasteiger partial charge in [-0.25, -0.2) is 0 Å². The second-order valence-corrected chi connectivity index (χ2v) is 5.69. The molecular formula is C12H23ClN2O3. The van der Waals surface area contributed by atoms with Crippen molar-refractivity contribution in [3.05, 3.63) is 0 Å². The molecule has 3 N–H and O–H groups in total. The van der Waals surface area contributed by atoms with E-state index in [-0.39, 0.29) is 41.9 Å². The van der Waals surface area contributed by atoms with Crippen molar-refractivity contribution in [3.63, 3.8) is 0 Å². The molecular weight excluding hydrogens is 256 g/mol. The van der Waals surface area contributed by atoms with Crippen LogP contribution in [-0.2, 0) is 9.53 Å². The molecule has 1 heterocycles. The molecule has 1 saturated heterocycles. The van der Waals surface area contributed by atoms with Crippen LogP contribution in [0.5, 0.6) is 0 Å². The highest BCUT2D eigenvalue weighted by atomic mass is 35.5. The van der Waals surface area contributed by atoms with Crippen molar-refractivity contribution >= 4 is 18.3 Å². The highest BCUT2D eigenvalue weighted by Crippen LogP contribution is 2.42. The third kappa shape index (κ3) is 2.79. The van der Waals surface area contributed by atoms with E-state index in [1.165, 1.54) is 0 Å². The fourth-order valence-corrected chi connectivity index (χ4v) is 2.72. The van der Waals surface area contributed by atoms with Crippen LogP contribution in [0.4, 0.5) is 0 Å². The third-order valence-corrected chi connectivity index (χ3v) is 4.20. The van der Waals surface area contributed by atoms with Crippen molar-refractivity contribution < 1.29 is 14.6 Å². The maximum absolute atomic E-state index is 12.0. The van der Waals surface area contributed by atoms with Crippen LogP contribution in [0.25, 0.3) is 0 Å². The lowest BCUT2D eigenvalue weighted by Gasteiger charge is -2.51. The lowest BCUT2D eigenvalue weighted by Crippen LogP contribution is -2.63. The van der Waals surface area contributed by atoms with Gasteiger partial charge in [0.2, 0.25) is 5.91 Å². The van der Waals surface area contributed by atoms with Gasteiger partial charge in [0.15, 0.2) is 0 Å². The van der Waals surface area contributed by atoms with E-state index >= 15 is 0 Å². The number of amides is 1. The molecule has 0 aromatic heterocycles. The van der Waals surface area contributed by atoms with Crippen molar-refractivity contribution in [2.45, 2.75) is 51.0 Å². The molecule has 2 fully saturated rings. The molecule has 0 spiro atoms. The largest absolute Gasteiger partial charge is 0.392 e. The second-order valence-electron chi connectivity index (χ2n) is 5.69. The number of β-amino-alcohol motifs (C(OH)–C–C–N with tert-alkyl or cyclic N) is 1. The molecule has 0 bridgehead atoms. The molecule has 1 amide bonds. The van der Waals surface area contributed by atoms with Gasteiger partial charge in [-0.05, 0) is 12.8 Å². The number of methoxy groups -OCH3 is 1. The Kier molecular flexibility index (Phi) is 5.00. The molecule has 1 saturated carbocycles. The van der Waals surface area contributed by atoms with Gasteiger partial charge in [-0.15, -0.1) is 12.4 Å². The number of rotatable bonds is 3. The van der Waals surface area contributed by atoms with Gasteiger partial charge in [-0.2, -0.15) is 0 Å². The Hall–Kier alpha value is -0.360. The Labute approximate surface area is 114 Å². The minimum Gasteiger partial charge on any atom is -0.392 e. The normalized spacial score (nSPS) is 37.6. The molecule has 5 nitrogen and oxygen atoms in total. The molecule has 0 aromatic carbocycles. The maximum atomic E-state index is 12.0. The number of hydrogen-bond acceptors (Lipinski definition) is 4. The first-order valence-corrected chi connectivity index (χ1v) is 6.19. The summed E-state index contributed by atoms with van der Waals surface area (Å²) in [5, 5.41) is 15.4. The van der Waals surface area contributed by atoms with Crippen molar-refractivity contribution in [1.29, 1.82) is 0 Å². The monoisotopic (exact) mass is 278 g/mol. The van der Waals surface area contributed by atoms with E-state index in [4.69, 9.17) is 4.74 Å². The average Bonchev–Trinajstić information content (AvgIpc) is 2.70. The third-order valence-electron chi connectivity index (χ3n) is 4.20. The van der Waals surface area contributed by atoms with Crippen LogP contribution in [-0.4, -0.2) is 49.0 Å². The zero-order valence-electron chi connectivity index (χ0n) is 11.1. The fraction of sp³-hybridized carbons (Fsp3) is 0.917. The van der Waals surface area contributed by atoms with Crippen LogP contribution in [0.1, 0.15) is 26.7 Å². The summed E-state index contributed by atoms with van der Waals surface area (Å²) in [6, 6.07) is -0.0816. The van der Waals surface area contributed by atoms with Gasteiger partial charge in [0.05, 0.1) is 18.2 Å². The Balaban J connectivity index is 0.00000162. The van der Waals surface area contributed by atoms with E-state index in [1.807, 2.05) is 0 Å². The van der Waals surface area contributed by atoms with E-state index in [1.54, 1.807) is 7.11 Å². The number of aliphatic hydroxyl groups is 1. The predicted octanol–water partition coefficient (Wildman–Crippen LogP) is 0.0607. The van der Waals surface area contributed by atoms with E-state index in [0.717, 1.165) is 6.42 Å². The Morgan fingerprint density at radius 3 is 2.56 bits per heavy atom. The first-order chi connectivity index (χ1) is 7.95. The number of hydrogen-bond donors (Lipinski definition) is 3. The minimum atomic E-state index is -0.396. The molecule has 6 heteroatoms. The Bertz CT molecular complexity index is 312. The van der Waals surface area contributed by atoms with Crippen LogP contribution < -0.4 is 10.6 Å². The summed E-state index contributed by atoms with van der Waals surface area (Å²) in [5.41, 5.74) is -0.0123. The predicted molar refractivity (Wildman–Crippen MR) is 70.8 cm³/mol. The minimum absolute atomic E-state index is 0.